The quantitative estimate of drug-likeness (QED) is 0.0195. The van der Waals surface area contributed by atoms with Crippen molar-refractivity contribution in [3.8, 4) is 0 Å². The number of aliphatic hydroxyl groups excluding tert-OH is 5. The molecular formula is C65H119NO10. The van der Waals surface area contributed by atoms with E-state index >= 15 is 0 Å². The van der Waals surface area contributed by atoms with Gasteiger partial charge in [0.2, 0.25) is 5.91 Å². The number of nitrogens with one attached hydrogen (secondary N) is 1. The number of allylic oxidation sites excluding steroid dienone is 6. The van der Waals surface area contributed by atoms with E-state index in [1.54, 1.807) is 6.08 Å². The molecule has 76 heavy (non-hydrogen) atoms. The molecule has 1 aliphatic rings. The molecule has 0 aromatic carbocycles. The number of carbonyl (C=O) groups is 2. The molecule has 1 amide bonds. The number of amides is 1. The summed E-state index contributed by atoms with van der Waals surface area (Å²) in [5.41, 5.74) is 0. The maximum absolute atomic E-state index is 13.1. The van der Waals surface area contributed by atoms with E-state index in [1.807, 2.05) is 6.08 Å². The number of hydrogen-bond acceptors (Lipinski definition) is 10. The number of hydrogen-bond donors (Lipinski definition) is 6. The van der Waals surface area contributed by atoms with Gasteiger partial charge in [-0.15, -0.1) is 0 Å². The number of rotatable bonds is 55. The van der Waals surface area contributed by atoms with Gasteiger partial charge in [-0.25, -0.2) is 0 Å². The van der Waals surface area contributed by atoms with Crippen LogP contribution in [0.3, 0.4) is 0 Å². The molecule has 0 radical (unpaired) electrons. The van der Waals surface area contributed by atoms with Gasteiger partial charge >= 0.3 is 5.97 Å². The Labute approximate surface area is 466 Å². The van der Waals surface area contributed by atoms with Crippen LogP contribution in [-0.4, -0.2) is 100 Å². The average molecular weight is 1070 g/mol. The minimum absolute atomic E-state index is 0.0587. The minimum Gasteiger partial charge on any atom is -0.465 e. The van der Waals surface area contributed by atoms with Crippen LogP contribution in [-0.2, 0) is 23.8 Å². The molecule has 11 nitrogen and oxygen atoms in total. The Morgan fingerprint density at radius 3 is 1.37 bits per heavy atom. The van der Waals surface area contributed by atoms with Gasteiger partial charge in [0.05, 0.1) is 32.0 Å². The summed E-state index contributed by atoms with van der Waals surface area (Å²) in [5.74, 6) is -0.244. The first-order chi connectivity index (χ1) is 37.2. The molecule has 11 heteroatoms. The third kappa shape index (κ3) is 43.5. The highest BCUT2D eigenvalue weighted by Gasteiger charge is 2.44. The Kier molecular flexibility index (Phi) is 51.4. The van der Waals surface area contributed by atoms with Crippen molar-refractivity contribution in [1.82, 2.24) is 5.32 Å². The van der Waals surface area contributed by atoms with Gasteiger partial charge in [0, 0.05) is 12.8 Å². The largest absolute Gasteiger partial charge is 0.465 e. The van der Waals surface area contributed by atoms with Crippen molar-refractivity contribution < 1.29 is 49.3 Å². The fourth-order valence-corrected chi connectivity index (χ4v) is 9.86. The van der Waals surface area contributed by atoms with Crippen molar-refractivity contribution in [3.63, 3.8) is 0 Å². The highest BCUT2D eigenvalue weighted by atomic mass is 16.7. The van der Waals surface area contributed by atoms with Crippen molar-refractivity contribution in [2.45, 2.75) is 333 Å². The molecule has 1 rings (SSSR count). The number of unbranched alkanes of at least 4 members (excludes halogenated alkanes) is 35. The Balaban J connectivity index is 2.10. The molecule has 1 aliphatic heterocycles. The van der Waals surface area contributed by atoms with E-state index in [4.69, 9.17) is 14.2 Å². The van der Waals surface area contributed by atoms with Crippen LogP contribution >= 0.6 is 0 Å². The summed E-state index contributed by atoms with van der Waals surface area (Å²) in [4.78, 5) is 25.1. The molecule has 6 N–H and O–H groups in total. The summed E-state index contributed by atoms with van der Waals surface area (Å²) in [6, 6.07) is -0.815. The maximum atomic E-state index is 13.1. The van der Waals surface area contributed by atoms with E-state index in [2.05, 4.69) is 55.6 Å². The third-order valence-corrected chi connectivity index (χ3v) is 14.9. The summed E-state index contributed by atoms with van der Waals surface area (Å²) in [6.45, 7) is 4.22. The zero-order chi connectivity index (χ0) is 55.2. The third-order valence-electron chi connectivity index (χ3n) is 14.9. The van der Waals surface area contributed by atoms with E-state index in [-0.39, 0.29) is 18.5 Å². The van der Waals surface area contributed by atoms with Crippen molar-refractivity contribution in [2.75, 3.05) is 19.8 Å². The highest BCUT2D eigenvalue weighted by molar-refractivity contribution is 5.76. The molecule has 0 saturated carbocycles. The molecule has 444 valence electrons. The van der Waals surface area contributed by atoms with Crippen LogP contribution in [0, 0.1) is 0 Å². The second-order valence-electron chi connectivity index (χ2n) is 22.1. The van der Waals surface area contributed by atoms with Crippen LogP contribution in [0.4, 0.5) is 0 Å². The summed E-state index contributed by atoms with van der Waals surface area (Å²) >= 11 is 0. The fourth-order valence-electron chi connectivity index (χ4n) is 9.86. The lowest BCUT2D eigenvalue weighted by Gasteiger charge is -2.40. The highest BCUT2D eigenvalue weighted by Crippen LogP contribution is 2.23. The zero-order valence-corrected chi connectivity index (χ0v) is 49.0. The van der Waals surface area contributed by atoms with Crippen molar-refractivity contribution in [3.05, 3.63) is 48.6 Å². The predicted octanol–water partition coefficient (Wildman–Crippen LogP) is 15.2. The molecule has 0 aromatic rings. The van der Waals surface area contributed by atoms with Crippen molar-refractivity contribution in [1.29, 1.82) is 0 Å². The lowest BCUT2D eigenvalue weighted by molar-refractivity contribution is -0.302. The molecule has 0 aliphatic carbocycles. The summed E-state index contributed by atoms with van der Waals surface area (Å²) < 4.78 is 16.7. The van der Waals surface area contributed by atoms with Crippen LogP contribution in [0.25, 0.3) is 0 Å². The maximum Gasteiger partial charge on any atom is 0.305 e. The molecule has 1 saturated heterocycles. The summed E-state index contributed by atoms with van der Waals surface area (Å²) in [5, 5.41) is 54.5. The monoisotopic (exact) mass is 1070 g/mol. The van der Waals surface area contributed by atoms with Gasteiger partial charge < -0.3 is 45.1 Å². The molecule has 7 atom stereocenters. The molecule has 1 heterocycles. The summed E-state index contributed by atoms with van der Waals surface area (Å²) in [6.07, 6.45) is 59.3. The molecule has 0 spiro atoms. The number of ether oxygens (including phenoxy) is 3. The molecule has 7 unspecified atom stereocenters. The summed E-state index contributed by atoms with van der Waals surface area (Å²) in [7, 11) is 0. The Morgan fingerprint density at radius 2 is 0.882 bits per heavy atom. The van der Waals surface area contributed by atoms with Crippen LogP contribution in [0.5, 0.6) is 0 Å². The minimum atomic E-state index is -1.57. The van der Waals surface area contributed by atoms with Crippen LogP contribution in [0.1, 0.15) is 290 Å². The van der Waals surface area contributed by atoms with Gasteiger partial charge in [0.1, 0.15) is 24.4 Å². The van der Waals surface area contributed by atoms with E-state index in [0.717, 1.165) is 70.6 Å². The van der Waals surface area contributed by atoms with Crippen molar-refractivity contribution >= 4 is 11.9 Å². The SMILES string of the molecule is CCCCC/C=C\CCCCCCCC(=O)OCC/C=C\C/C=C\CCCCCCCCCCCCCCCCC(=O)NC(COC1OC(CO)C(O)C(O)C1O)C(O)/C=C/CCCCCCCCCCCCCCC. The molecular weight excluding hydrogens is 955 g/mol. The van der Waals surface area contributed by atoms with Gasteiger partial charge in [-0.3, -0.25) is 9.59 Å². The topological polar surface area (TPSA) is 175 Å². The van der Waals surface area contributed by atoms with Gasteiger partial charge in [-0.1, -0.05) is 249 Å². The fraction of sp³-hybridized carbons (Fsp3) is 0.846. The Bertz CT molecular complexity index is 1400. The Hall–Kier alpha value is -2.38. The number of carbonyl (C=O) groups excluding carboxylic acids is 2. The van der Waals surface area contributed by atoms with E-state index in [9.17, 15) is 35.1 Å². The second kappa shape index (κ2) is 54.6. The normalized spacial score (nSPS) is 19.0. The first-order valence-corrected chi connectivity index (χ1v) is 31.9. The molecule has 0 bridgehead atoms. The van der Waals surface area contributed by atoms with E-state index in [1.165, 1.54) is 193 Å². The predicted molar refractivity (Wildman–Crippen MR) is 315 cm³/mol. The number of aliphatic hydroxyl groups is 5. The first-order valence-electron chi connectivity index (χ1n) is 31.9. The van der Waals surface area contributed by atoms with Crippen LogP contribution in [0.2, 0.25) is 0 Å². The molecule has 0 aromatic heterocycles. The average Bonchev–Trinajstić information content (AvgIpc) is 3.42. The van der Waals surface area contributed by atoms with Crippen LogP contribution in [0.15, 0.2) is 48.6 Å². The van der Waals surface area contributed by atoms with Crippen molar-refractivity contribution in [2.24, 2.45) is 0 Å². The molecule has 1 fully saturated rings. The second-order valence-corrected chi connectivity index (χ2v) is 22.1. The lowest BCUT2D eigenvalue weighted by atomic mass is 9.99. The zero-order valence-electron chi connectivity index (χ0n) is 49.0. The van der Waals surface area contributed by atoms with Gasteiger partial charge in [-0.2, -0.15) is 0 Å². The van der Waals surface area contributed by atoms with Gasteiger partial charge in [-0.05, 0) is 77.0 Å². The standard InChI is InChI=1S/C65H119NO10/c1-3-5-7-9-11-13-15-17-25-28-31-35-39-43-47-51-58(68)57(56-75-65-64(73)63(72)62(71)59(55-67)76-65)66-60(69)52-48-44-40-36-32-29-26-23-21-19-18-20-22-24-27-30-34-38-42-46-50-54-74-61(70)53-49-45-41-37-33-16-14-12-10-8-6-4-2/h12,14,30,34,42,46-47,51,57-59,62-65,67-68,71-73H,3-11,13,15-29,31-33,35-41,43-45,48-50,52-56H2,1-2H3,(H,66,69)/b14-12-,34-30-,46-42-,51-47+. The van der Waals surface area contributed by atoms with Gasteiger partial charge in [0.15, 0.2) is 6.29 Å². The smallest absolute Gasteiger partial charge is 0.305 e. The van der Waals surface area contributed by atoms with E-state index in [0.29, 0.717) is 19.4 Å². The van der Waals surface area contributed by atoms with Crippen LogP contribution < -0.4 is 5.32 Å². The number of esters is 1. The lowest BCUT2D eigenvalue weighted by Crippen LogP contribution is -2.60. The van der Waals surface area contributed by atoms with E-state index < -0.39 is 49.5 Å². The Morgan fingerprint density at radius 1 is 0.487 bits per heavy atom. The van der Waals surface area contributed by atoms with Gasteiger partial charge in [0.25, 0.3) is 0 Å². The first kappa shape index (κ1) is 71.6.